The molecule has 0 bridgehead atoms. The topological polar surface area (TPSA) is 112 Å². The van der Waals surface area contributed by atoms with Crippen molar-refractivity contribution in [2.75, 3.05) is 17.2 Å². The van der Waals surface area contributed by atoms with Gasteiger partial charge in [-0.1, -0.05) is 12.1 Å². The molecule has 3 heterocycles. The average molecular weight is 422 g/mol. The molecule has 0 amide bonds. The zero-order valence-corrected chi connectivity index (χ0v) is 17.4. The van der Waals surface area contributed by atoms with Gasteiger partial charge in [-0.2, -0.15) is 10.1 Å². The molecule has 30 heavy (non-hydrogen) atoms. The van der Waals surface area contributed by atoms with Crippen LogP contribution < -0.4 is 10.6 Å². The van der Waals surface area contributed by atoms with Crippen LogP contribution >= 0.6 is 11.3 Å². The number of fused-ring (bicyclic) bond motifs is 1. The maximum atomic E-state index is 9.51. The van der Waals surface area contributed by atoms with Crippen LogP contribution in [0.2, 0.25) is 0 Å². The van der Waals surface area contributed by atoms with E-state index in [2.05, 4.69) is 31.9 Å². The van der Waals surface area contributed by atoms with Crippen LogP contribution in [0.15, 0.2) is 36.5 Å². The second-order valence-corrected chi connectivity index (χ2v) is 8.67. The summed E-state index contributed by atoms with van der Waals surface area (Å²) in [6.45, 7) is 2.22. The normalized spacial score (nSPS) is 18.7. The zero-order valence-electron chi connectivity index (χ0n) is 16.6. The molecule has 0 spiro atoms. The third-order valence-electron chi connectivity index (χ3n) is 5.49. The minimum Gasteiger partial charge on any atom is -0.396 e. The first-order chi connectivity index (χ1) is 14.7. The van der Waals surface area contributed by atoms with E-state index in [0.717, 1.165) is 57.4 Å². The molecule has 154 valence electrons. The van der Waals surface area contributed by atoms with Crippen molar-refractivity contribution in [3.05, 3.63) is 42.2 Å². The molecule has 0 unspecified atom stereocenters. The van der Waals surface area contributed by atoms with Gasteiger partial charge in [0.15, 0.2) is 0 Å². The first-order valence-corrected chi connectivity index (χ1v) is 10.9. The highest BCUT2D eigenvalue weighted by atomic mass is 32.1. The van der Waals surface area contributed by atoms with Crippen molar-refractivity contribution in [2.45, 2.75) is 32.2 Å². The monoisotopic (exact) mass is 421 g/mol. The number of benzene rings is 1. The molecule has 1 aliphatic carbocycles. The van der Waals surface area contributed by atoms with E-state index in [1.807, 2.05) is 31.2 Å². The van der Waals surface area contributed by atoms with Gasteiger partial charge in [0.25, 0.3) is 0 Å². The Labute approximate surface area is 177 Å². The molecule has 1 aromatic carbocycles. The minimum atomic E-state index is 0.234. The number of H-pyrrole nitrogens is 1. The van der Waals surface area contributed by atoms with Crippen molar-refractivity contribution >= 4 is 39.1 Å². The van der Waals surface area contributed by atoms with Gasteiger partial charge in [0, 0.05) is 18.7 Å². The van der Waals surface area contributed by atoms with Crippen LogP contribution in [0.4, 0.5) is 17.6 Å². The van der Waals surface area contributed by atoms with E-state index < -0.39 is 0 Å². The Hall–Kier alpha value is -3.04. The van der Waals surface area contributed by atoms with E-state index in [0.29, 0.717) is 11.9 Å². The summed E-state index contributed by atoms with van der Waals surface area (Å²) in [5.41, 5.74) is 2.76. The molecule has 0 radical (unpaired) electrons. The molecule has 0 saturated heterocycles. The van der Waals surface area contributed by atoms with Crippen LogP contribution in [0.1, 0.15) is 25.0 Å². The smallest absolute Gasteiger partial charge is 0.230 e. The summed E-state index contributed by atoms with van der Waals surface area (Å²) in [6, 6.07) is 10.2. The van der Waals surface area contributed by atoms with E-state index in [4.69, 9.17) is 9.97 Å². The molecule has 4 aromatic rings. The Balaban J connectivity index is 1.55. The van der Waals surface area contributed by atoms with Crippen LogP contribution in [0, 0.1) is 12.8 Å². The number of para-hydroxylation sites is 1. The fraction of sp³-hybridized carbons (Fsp3) is 0.333. The fourth-order valence-corrected chi connectivity index (χ4v) is 5.04. The third kappa shape index (κ3) is 3.73. The van der Waals surface area contributed by atoms with Crippen molar-refractivity contribution in [3.63, 3.8) is 0 Å². The first-order valence-electron chi connectivity index (χ1n) is 10.1. The molecule has 1 fully saturated rings. The number of nitrogens with zero attached hydrogens (tertiary/aromatic N) is 4. The summed E-state index contributed by atoms with van der Waals surface area (Å²) >= 11 is 1.65. The van der Waals surface area contributed by atoms with E-state index in [-0.39, 0.29) is 12.6 Å². The van der Waals surface area contributed by atoms with E-state index >= 15 is 0 Å². The quantitative estimate of drug-likeness (QED) is 0.371. The molecule has 0 aliphatic heterocycles. The fourth-order valence-electron chi connectivity index (χ4n) is 3.98. The highest BCUT2D eigenvalue weighted by molar-refractivity contribution is 7.21. The van der Waals surface area contributed by atoms with Gasteiger partial charge in [0.2, 0.25) is 5.95 Å². The number of nitrogens with one attached hydrogen (secondary N) is 3. The molecule has 1 saturated carbocycles. The van der Waals surface area contributed by atoms with Crippen LogP contribution in [0.25, 0.3) is 20.8 Å². The predicted molar refractivity (Wildman–Crippen MR) is 119 cm³/mol. The molecule has 1 aliphatic rings. The van der Waals surface area contributed by atoms with Gasteiger partial charge in [-0.15, -0.1) is 11.3 Å². The summed E-state index contributed by atoms with van der Waals surface area (Å²) in [5.74, 6) is 2.35. The molecule has 9 heteroatoms. The van der Waals surface area contributed by atoms with Gasteiger partial charge in [0.1, 0.15) is 16.6 Å². The number of aliphatic hydroxyl groups is 1. The van der Waals surface area contributed by atoms with Gasteiger partial charge in [-0.3, -0.25) is 5.10 Å². The first kappa shape index (κ1) is 19.0. The minimum absolute atomic E-state index is 0.234. The molecular weight excluding hydrogens is 398 g/mol. The predicted octanol–water partition coefficient (Wildman–Crippen LogP) is 4.10. The highest BCUT2D eigenvalue weighted by Crippen LogP contribution is 2.38. The number of thiazole rings is 1. The maximum Gasteiger partial charge on any atom is 0.230 e. The van der Waals surface area contributed by atoms with Gasteiger partial charge >= 0.3 is 0 Å². The number of hydrogen-bond donors (Lipinski definition) is 4. The molecule has 8 nitrogen and oxygen atoms in total. The Morgan fingerprint density at radius 3 is 2.83 bits per heavy atom. The van der Waals surface area contributed by atoms with Gasteiger partial charge in [-0.25, -0.2) is 9.97 Å². The number of rotatable bonds is 6. The molecule has 5 rings (SSSR count). The van der Waals surface area contributed by atoms with Crippen molar-refractivity contribution in [3.8, 4) is 10.6 Å². The molecule has 3 aromatic heterocycles. The van der Waals surface area contributed by atoms with Gasteiger partial charge in [-0.05, 0) is 44.2 Å². The lowest BCUT2D eigenvalue weighted by Gasteiger charge is -2.18. The van der Waals surface area contributed by atoms with Crippen molar-refractivity contribution in [2.24, 2.45) is 5.92 Å². The summed E-state index contributed by atoms with van der Waals surface area (Å²) in [4.78, 5) is 14.3. The Morgan fingerprint density at radius 1 is 1.17 bits per heavy atom. The lowest BCUT2D eigenvalue weighted by atomic mass is 10.1. The van der Waals surface area contributed by atoms with Crippen LogP contribution in [0.5, 0.6) is 0 Å². The molecular formula is C21H23N7OS. The summed E-state index contributed by atoms with van der Waals surface area (Å²) in [5, 5.41) is 24.1. The van der Waals surface area contributed by atoms with Crippen LogP contribution in [-0.4, -0.2) is 42.9 Å². The summed E-state index contributed by atoms with van der Waals surface area (Å²) in [6.07, 6.45) is 4.64. The maximum absolute atomic E-state index is 9.51. The SMILES string of the molecule is Cc1nc(Nc2ccn[nH]2)nc(N[C@H]2CC[C@@H](CO)C2)c1-c1nc2ccccc2s1. The Morgan fingerprint density at radius 2 is 2.07 bits per heavy atom. The lowest BCUT2D eigenvalue weighted by Crippen LogP contribution is -2.19. The Bertz CT molecular complexity index is 1120. The number of aliphatic hydroxyl groups excluding tert-OH is 1. The number of aromatic nitrogens is 5. The average Bonchev–Trinajstić information content (AvgIpc) is 3.48. The number of aryl methyl sites for hydroxylation is 1. The van der Waals surface area contributed by atoms with Crippen LogP contribution in [-0.2, 0) is 0 Å². The number of aromatic amines is 1. The second kappa shape index (κ2) is 8.00. The van der Waals surface area contributed by atoms with E-state index in [1.165, 1.54) is 0 Å². The summed E-state index contributed by atoms with van der Waals surface area (Å²) < 4.78 is 1.14. The van der Waals surface area contributed by atoms with Gasteiger partial charge < -0.3 is 15.7 Å². The van der Waals surface area contributed by atoms with Crippen molar-refractivity contribution < 1.29 is 5.11 Å². The number of hydrogen-bond acceptors (Lipinski definition) is 8. The van der Waals surface area contributed by atoms with E-state index in [9.17, 15) is 5.11 Å². The zero-order chi connectivity index (χ0) is 20.5. The second-order valence-electron chi connectivity index (χ2n) is 7.64. The van der Waals surface area contributed by atoms with E-state index in [1.54, 1.807) is 17.5 Å². The third-order valence-corrected chi connectivity index (χ3v) is 6.54. The van der Waals surface area contributed by atoms with Crippen molar-refractivity contribution in [1.29, 1.82) is 0 Å². The Kier molecular flexibility index (Phi) is 5.06. The van der Waals surface area contributed by atoms with Crippen LogP contribution in [0.3, 0.4) is 0 Å². The summed E-state index contributed by atoms with van der Waals surface area (Å²) in [7, 11) is 0. The standard InChI is InChI=1S/C21H23N7OS/c1-12-18(20-25-15-4-2-3-5-16(15)30-20)19(24-14-7-6-13(10-14)11-29)27-21(23-12)26-17-8-9-22-28-17/h2-5,8-9,13-14,29H,6-7,10-11H2,1H3,(H3,22,23,24,26,27,28)/t13-,14+/m1/s1. The number of anilines is 3. The van der Waals surface area contributed by atoms with Crippen molar-refractivity contribution in [1.82, 2.24) is 25.1 Å². The largest absolute Gasteiger partial charge is 0.396 e. The lowest BCUT2D eigenvalue weighted by molar-refractivity contribution is 0.229. The highest BCUT2D eigenvalue weighted by Gasteiger charge is 2.26. The molecule has 2 atom stereocenters. The molecule has 4 N–H and O–H groups in total. The van der Waals surface area contributed by atoms with Gasteiger partial charge in [0.05, 0.1) is 27.7 Å².